The lowest BCUT2D eigenvalue weighted by atomic mass is 10.0. The van der Waals surface area contributed by atoms with E-state index in [0.29, 0.717) is 19.0 Å². The SMILES string of the molecule is Cc1ccc(-c2ccc(OCCOc3cccc(C(=O)O)c3)cc2)cc1. The van der Waals surface area contributed by atoms with Crippen molar-refractivity contribution in [3.05, 3.63) is 83.9 Å². The third-order valence-corrected chi connectivity index (χ3v) is 3.94. The monoisotopic (exact) mass is 348 g/mol. The molecule has 0 aliphatic carbocycles. The van der Waals surface area contributed by atoms with Crippen LogP contribution in [0.15, 0.2) is 72.8 Å². The highest BCUT2D eigenvalue weighted by Crippen LogP contribution is 2.22. The Kier molecular flexibility index (Phi) is 5.54. The quantitative estimate of drug-likeness (QED) is 0.622. The van der Waals surface area contributed by atoms with Gasteiger partial charge in [0.1, 0.15) is 24.7 Å². The van der Waals surface area contributed by atoms with Crippen molar-refractivity contribution in [3.63, 3.8) is 0 Å². The van der Waals surface area contributed by atoms with Crippen molar-refractivity contribution >= 4 is 5.97 Å². The molecule has 0 amide bonds. The van der Waals surface area contributed by atoms with Crippen LogP contribution in [0.4, 0.5) is 0 Å². The summed E-state index contributed by atoms with van der Waals surface area (Å²) < 4.78 is 11.2. The number of rotatable bonds is 7. The summed E-state index contributed by atoms with van der Waals surface area (Å²) in [5.41, 5.74) is 3.75. The molecule has 3 aromatic rings. The van der Waals surface area contributed by atoms with Crippen molar-refractivity contribution in [3.8, 4) is 22.6 Å². The lowest BCUT2D eigenvalue weighted by molar-refractivity contribution is 0.0696. The first-order valence-corrected chi connectivity index (χ1v) is 8.38. The van der Waals surface area contributed by atoms with Gasteiger partial charge in [-0.2, -0.15) is 0 Å². The fourth-order valence-corrected chi connectivity index (χ4v) is 2.53. The van der Waals surface area contributed by atoms with Gasteiger partial charge in [0.2, 0.25) is 0 Å². The number of hydrogen-bond acceptors (Lipinski definition) is 3. The van der Waals surface area contributed by atoms with Crippen LogP contribution in [0, 0.1) is 6.92 Å². The Morgan fingerprint density at radius 1 is 0.808 bits per heavy atom. The van der Waals surface area contributed by atoms with Crippen LogP contribution in [0.2, 0.25) is 0 Å². The number of carbonyl (C=O) groups is 1. The predicted molar refractivity (Wildman–Crippen MR) is 101 cm³/mol. The molecule has 3 rings (SSSR count). The van der Waals surface area contributed by atoms with Gasteiger partial charge in [-0.1, -0.05) is 48.0 Å². The molecule has 3 aromatic carbocycles. The van der Waals surface area contributed by atoms with Crippen molar-refractivity contribution in [2.75, 3.05) is 13.2 Å². The molecule has 0 radical (unpaired) electrons. The average molecular weight is 348 g/mol. The minimum atomic E-state index is -0.972. The summed E-state index contributed by atoms with van der Waals surface area (Å²) in [6.07, 6.45) is 0. The van der Waals surface area contributed by atoms with E-state index in [-0.39, 0.29) is 5.56 Å². The van der Waals surface area contributed by atoms with E-state index in [1.165, 1.54) is 23.3 Å². The minimum Gasteiger partial charge on any atom is -0.490 e. The zero-order valence-electron chi connectivity index (χ0n) is 14.5. The number of ether oxygens (including phenoxy) is 2. The van der Waals surface area contributed by atoms with Crippen LogP contribution >= 0.6 is 0 Å². The molecule has 0 fully saturated rings. The second-order valence-corrected chi connectivity index (χ2v) is 5.92. The minimum absolute atomic E-state index is 0.204. The van der Waals surface area contributed by atoms with Gasteiger partial charge in [0.05, 0.1) is 5.56 Å². The van der Waals surface area contributed by atoms with E-state index in [0.717, 1.165) is 11.3 Å². The van der Waals surface area contributed by atoms with Crippen LogP contribution in [-0.2, 0) is 0 Å². The van der Waals surface area contributed by atoms with E-state index in [1.54, 1.807) is 12.1 Å². The Bertz CT molecular complexity index is 867. The van der Waals surface area contributed by atoms with E-state index >= 15 is 0 Å². The summed E-state index contributed by atoms with van der Waals surface area (Å²) in [5, 5.41) is 8.97. The number of hydrogen-bond donors (Lipinski definition) is 1. The summed E-state index contributed by atoms with van der Waals surface area (Å²) >= 11 is 0. The molecule has 1 N–H and O–H groups in total. The van der Waals surface area contributed by atoms with Crippen molar-refractivity contribution in [2.24, 2.45) is 0 Å². The molecular formula is C22H20O4. The van der Waals surface area contributed by atoms with Crippen LogP contribution in [0.25, 0.3) is 11.1 Å². The number of aryl methyl sites for hydroxylation is 1. The van der Waals surface area contributed by atoms with Crippen LogP contribution in [0.3, 0.4) is 0 Å². The maximum Gasteiger partial charge on any atom is 0.335 e. The highest BCUT2D eigenvalue weighted by molar-refractivity contribution is 5.88. The average Bonchev–Trinajstić information content (AvgIpc) is 2.67. The van der Waals surface area contributed by atoms with Crippen molar-refractivity contribution in [1.82, 2.24) is 0 Å². The second kappa shape index (κ2) is 8.21. The molecule has 0 unspecified atom stereocenters. The third kappa shape index (κ3) is 4.63. The molecule has 0 saturated heterocycles. The largest absolute Gasteiger partial charge is 0.490 e. The van der Waals surface area contributed by atoms with Gasteiger partial charge in [-0.3, -0.25) is 0 Å². The Hall–Kier alpha value is -3.27. The molecule has 0 atom stereocenters. The summed E-state index contributed by atoms with van der Waals surface area (Å²) in [4.78, 5) is 10.9. The van der Waals surface area contributed by atoms with Gasteiger partial charge < -0.3 is 14.6 Å². The fourth-order valence-electron chi connectivity index (χ4n) is 2.53. The third-order valence-electron chi connectivity index (χ3n) is 3.94. The summed E-state index contributed by atoms with van der Waals surface area (Å²) in [7, 11) is 0. The van der Waals surface area contributed by atoms with E-state index in [9.17, 15) is 4.79 Å². The van der Waals surface area contributed by atoms with Gasteiger partial charge in [0, 0.05) is 0 Å². The Balaban J connectivity index is 1.50. The van der Waals surface area contributed by atoms with Gasteiger partial charge in [-0.05, 0) is 48.4 Å². The molecule has 0 aliphatic rings. The Morgan fingerprint density at radius 3 is 2.00 bits per heavy atom. The van der Waals surface area contributed by atoms with Crippen LogP contribution in [0.5, 0.6) is 11.5 Å². The first kappa shape index (κ1) is 17.5. The van der Waals surface area contributed by atoms with Crippen LogP contribution in [0.1, 0.15) is 15.9 Å². The lowest BCUT2D eigenvalue weighted by Gasteiger charge is -2.09. The number of carboxylic acids is 1. The molecule has 4 nitrogen and oxygen atoms in total. The van der Waals surface area contributed by atoms with Gasteiger partial charge in [0.25, 0.3) is 0 Å². The van der Waals surface area contributed by atoms with E-state index in [4.69, 9.17) is 14.6 Å². The standard InChI is InChI=1S/C22H20O4/c1-16-5-7-17(8-6-16)18-9-11-20(12-10-18)25-13-14-26-21-4-2-3-19(15-21)22(23)24/h2-12,15H,13-14H2,1H3,(H,23,24). The zero-order valence-corrected chi connectivity index (χ0v) is 14.5. The highest BCUT2D eigenvalue weighted by Gasteiger charge is 2.04. The van der Waals surface area contributed by atoms with Crippen molar-refractivity contribution in [1.29, 1.82) is 0 Å². The molecule has 0 aromatic heterocycles. The smallest absolute Gasteiger partial charge is 0.335 e. The molecule has 0 aliphatic heterocycles. The molecule has 0 heterocycles. The first-order valence-electron chi connectivity index (χ1n) is 8.38. The predicted octanol–water partition coefficient (Wildman–Crippen LogP) is 4.82. The molecule has 0 spiro atoms. The molecular weight excluding hydrogens is 328 g/mol. The van der Waals surface area contributed by atoms with E-state index in [1.807, 2.05) is 24.3 Å². The van der Waals surface area contributed by atoms with Crippen molar-refractivity contribution in [2.45, 2.75) is 6.92 Å². The normalized spacial score (nSPS) is 10.3. The molecule has 132 valence electrons. The molecule has 4 heteroatoms. The molecule has 0 bridgehead atoms. The molecule has 0 saturated carbocycles. The van der Waals surface area contributed by atoms with Crippen LogP contribution in [-0.4, -0.2) is 24.3 Å². The van der Waals surface area contributed by atoms with Gasteiger partial charge in [-0.15, -0.1) is 0 Å². The second-order valence-electron chi connectivity index (χ2n) is 5.92. The maximum absolute atomic E-state index is 10.9. The zero-order chi connectivity index (χ0) is 18.4. The lowest BCUT2D eigenvalue weighted by Crippen LogP contribution is -2.09. The number of benzene rings is 3. The van der Waals surface area contributed by atoms with Gasteiger partial charge in [0.15, 0.2) is 0 Å². The highest BCUT2D eigenvalue weighted by atomic mass is 16.5. The van der Waals surface area contributed by atoms with E-state index < -0.39 is 5.97 Å². The van der Waals surface area contributed by atoms with Gasteiger partial charge >= 0.3 is 5.97 Å². The molecule has 26 heavy (non-hydrogen) atoms. The number of aromatic carboxylic acids is 1. The number of carboxylic acid groups (broad SMARTS) is 1. The summed E-state index contributed by atoms with van der Waals surface area (Å²) in [5.74, 6) is 0.312. The Morgan fingerprint density at radius 2 is 1.38 bits per heavy atom. The van der Waals surface area contributed by atoms with Crippen LogP contribution < -0.4 is 9.47 Å². The fraction of sp³-hybridized carbons (Fsp3) is 0.136. The topological polar surface area (TPSA) is 55.8 Å². The van der Waals surface area contributed by atoms with E-state index in [2.05, 4.69) is 31.2 Å². The maximum atomic E-state index is 10.9. The van der Waals surface area contributed by atoms with Gasteiger partial charge in [-0.25, -0.2) is 4.79 Å². The van der Waals surface area contributed by atoms with Crippen molar-refractivity contribution < 1.29 is 19.4 Å². The Labute approximate surface area is 152 Å². The summed E-state index contributed by atoms with van der Waals surface area (Å²) in [6.45, 7) is 2.78. The summed E-state index contributed by atoms with van der Waals surface area (Å²) in [6, 6.07) is 22.7. The first-order chi connectivity index (χ1) is 12.6.